The average molecular weight is 462 g/mol. The molecule has 1 amide bonds. The van der Waals surface area contributed by atoms with E-state index in [2.05, 4.69) is 52.5 Å². The van der Waals surface area contributed by atoms with Crippen LogP contribution in [0.15, 0.2) is 52.8 Å². The van der Waals surface area contributed by atoms with E-state index in [9.17, 15) is 4.79 Å². The second-order valence-corrected chi connectivity index (χ2v) is 9.83. The fourth-order valence-electron chi connectivity index (χ4n) is 4.78. The molecule has 1 fully saturated rings. The number of carbonyl (C=O) groups excluding carboxylic acids is 1. The summed E-state index contributed by atoms with van der Waals surface area (Å²) in [5.41, 5.74) is 5.36. The van der Waals surface area contributed by atoms with Crippen molar-refractivity contribution in [3.63, 3.8) is 0 Å². The third kappa shape index (κ3) is 4.91. The molecule has 6 heteroatoms. The standard InChI is InChI=1S/C27H31N3O2S/c1-2-3-7-19-10-13-21(14-11-19)28-27-30(22-8-5-4-6-9-22)24(18-33-27)20-12-15-25-23(16-20)29-26(31)17-32-25/h10-16,18,22H,2-9,17H2,1H3,(H,29,31). The molecule has 1 aliphatic heterocycles. The van der Waals surface area contributed by atoms with Crippen molar-refractivity contribution >= 4 is 28.6 Å². The zero-order chi connectivity index (χ0) is 22.6. The highest BCUT2D eigenvalue weighted by molar-refractivity contribution is 7.07. The molecule has 1 aliphatic carbocycles. The highest BCUT2D eigenvalue weighted by Crippen LogP contribution is 2.36. The molecule has 5 rings (SSSR count). The van der Waals surface area contributed by atoms with Crippen LogP contribution in [0.2, 0.25) is 0 Å². The van der Waals surface area contributed by atoms with Gasteiger partial charge in [-0.15, -0.1) is 11.3 Å². The number of hydrogen-bond donors (Lipinski definition) is 1. The monoisotopic (exact) mass is 461 g/mol. The lowest BCUT2D eigenvalue weighted by Crippen LogP contribution is -2.25. The van der Waals surface area contributed by atoms with Crippen LogP contribution in [-0.4, -0.2) is 17.1 Å². The molecule has 0 atom stereocenters. The molecule has 2 heterocycles. The fraction of sp³-hybridized carbons (Fsp3) is 0.407. The number of fused-ring (bicyclic) bond motifs is 1. The Labute approximate surface area is 199 Å². The first-order valence-electron chi connectivity index (χ1n) is 12.1. The Hall–Kier alpha value is -2.86. The van der Waals surface area contributed by atoms with Crippen molar-refractivity contribution in [2.75, 3.05) is 11.9 Å². The van der Waals surface area contributed by atoms with Crippen molar-refractivity contribution in [3.8, 4) is 17.0 Å². The maximum absolute atomic E-state index is 11.8. The topological polar surface area (TPSA) is 55.6 Å². The number of ether oxygens (including phenoxy) is 1. The number of nitrogens with one attached hydrogen (secondary N) is 1. The van der Waals surface area contributed by atoms with Gasteiger partial charge in [0, 0.05) is 17.0 Å². The Kier molecular flexibility index (Phi) is 6.63. The predicted molar refractivity (Wildman–Crippen MR) is 134 cm³/mol. The van der Waals surface area contributed by atoms with Crippen LogP contribution in [0.4, 0.5) is 11.4 Å². The van der Waals surface area contributed by atoms with E-state index in [0.29, 0.717) is 6.04 Å². The molecule has 0 radical (unpaired) electrons. The lowest BCUT2D eigenvalue weighted by atomic mass is 9.95. The maximum atomic E-state index is 11.8. The molecule has 1 aromatic heterocycles. The number of rotatable bonds is 6. The van der Waals surface area contributed by atoms with Gasteiger partial charge in [-0.2, -0.15) is 0 Å². The van der Waals surface area contributed by atoms with Gasteiger partial charge >= 0.3 is 0 Å². The normalized spacial score (nSPS) is 16.9. The van der Waals surface area contributed by atoms with Gasteiger partial charge in [0.2, 0.25) is 0 Å². The molecule has 0 unspecified atom stereocenters. The first-order chi connectivity index (χ1) is 16.2. The summed E-state index contributed by atoms with van der Waals surface area (Å²) in [6.45, 7) is 2.30. The van der Waals surface area contributed by atoms with E-state index >= 15 is 0 Å². The van der Waals surface area contributed by atoms with E-state index in [0.717, 1.165) is 39.6 Å². The van der Waals surface area contributed by atoms with Gasteiger partial charge in [-0.1, -0.05) is 44.7 Å². The number of aromatic nitrogens is 1. The highest BCUT2D eigenvalue weighted by Gasteiger charge is 2.22. The number of amides is 1. The fourth-order valence-corrected chi connectivity index (χ4v) is 5.76. The summed E-state index contributed by atoms with van der Waals surface area (Å²) >= 11 is 1.69. The number of hydrogen-bond acceptors (Lipinski definition) is 4. The van der Waals surface area contributed by atoms with Crippen LogP contribution in [0.5, 0.6) is 5.75 Å². The van der Waals surface area contributed by atoms with Gasteiger partial charge in [0.15, 0.2) is 11.4 Å². The molecule has 5 nitrogen and oxygen atoms in total. The average Bonchev–Trinajstić information content (AvgIpc) is 3.27. The van der Waals surface area contributed by atoms with Crippen LogP contribution >= 0.6 is 11.3 Å². The minimum atomic E-state index is -0.108. The van der Waals surface area contributed by atoms with Gasteiger partial charge in [0.25, 0.3) is 5.91 Å². The molecule has 2 aromatic carbocycles. The van der Waals surface area contributed by atoms with Crippen molar-refractivity contribution in [1.82, 2.24) is 4.57 Å². The molecule has 1 saturated carbocycles. The van der Waals surface area contributed by atoms with E-state index in [4.69, 9.17) is 9.73 Å². The van der Waals surface area contributed by atoms with Gasteiger partial charge in [-0.3, -0.25) is 4.79 Å². The van der Waals surface area contributed by atoms with Gasteiger partial charge < -0.3 is 14.6 Å². The van der Waals surface area contributed by atoms with Crippen molar-refractivity contribution in [3.05, 3.63) is 58.2 Å². The number of nitrogens with zero attached hydrogens (tertiary/aromatic N) is 2. The van der Waals surface area contributed by atoms with E-state index in [1.54, 1.807) is 11.3 Å². The Morgan fingerprint density at radius 2 is 1.94 bits per heavy atom. The molecular formula is C27H31N3O2S. The number of unbranched alkanes of at least 4 members (excludes halogenated alkanes) is 1. The minimum Gasteiger partial charge on any atom is -0.482 e. The van der Waals surface area contributed by atoms with Crippen molar-refractivity contribution in [2.24, 2.45) is 4.99 Å². The van der Waals surface area contributed by atoms with E-state index in [1.165, 1.54) is 50.5 Å². The second kappa shape index (κ2) is 9.96. The minimum absolute atomic E-state index is 0.0765. The van der Waals surface area contributed by atoms with Gasteiger partial charge in [0.1, 0.15) is 5.75 Å². The summed E-state index contributed by atoms with van der Waals surface area (Å²) in [6.07, 6.45) is 9.74. The Morgan fingerprint density at radius 3 is 2.73 bits per heavy atom. The molecule has 172 valence electrons. The first kappa shape index (κ1) is 22.0. The molecule has 0 spiro atoms. The third-order valence-corrected chi connectivity index (χ3v) is 7.41. The summed E-state index contributed by atoms with van der Waals surface area (Å²) in [5, 5.41) is 5.15. The lowest BCUT2D eigenvalue weighted by Gasteiger charge is -2.26. The summed E-state index contributed by atoms with van der Waals surface area (Å²) in [7, 11) is 0. The summed E-state index contributed by atoms with van der Waals surface area (Å²) in [4.78, 5) is 17.9. The maximum Gasteiger partial charge on any atom is 0.262 e. The highest BCUT2D eigenvalue weighted by atomic mass is 32.1. The number of benzene rings is 2. The van der Waals surface area contributed by atoms with Crippen LogP contribution in [0.25, 0.3) is 11.3 Å². The summed E-state index contributed by atoms with van der Waals surface area (Å²) in [5.74, 6) is 0.620. The van der Waals surface area contributed by atoms with Crippen LogP contribution in [-0.2, 0) is 11.2 Å². The first-order valence-corrected chi connectivity index (χ1v) is 13.0. The molecular weight excluding hydrogens is 430 g/mol. The third-order valence-electron chi connectivity index (χ3n) is 6.57. The van der Waals surface area contributed by atoms with Crippen LogP contribution < -0.4 is 14.9 Å². The molecule has 3 aromatic rings. The van der Waals surface area contributed by atoms with Crippen molar-refractivity contribution in [1.29, 1.82) is 0 Å². The molecule has 0 bridgehead atoms. The Bertz CT molecular complexity index is 1190. The molecule has 0 saturated heterocycles. The number of thiazole rings is 1. The van der Waals surface area contributed by atoms with Crippen molar-refractivity contribution < 1.29 is 9.53 Å². The van der Waals surface area contributed by atoms with E-state index in [-0.39, 0.29) is 12.5 Å². The van der Waals surface area contributed by atoms with Crippen LogP contribution in [0.1, 0.15) is 63.5 Å². The predicted octanol–water partition coefficient (Wildman–Crippen LogP) is 6.63. The number of carbonyl (C=O) groups is 1. The second-order valence-electron chi connectivity index (χ2n) is 8.99. The lowest BCUT2D eigenvalue weighted by molar-refractivity contribution is -0.118. The van der Waals surface area contributed by atoms with Crippen molar-refractivity contribution in [2.45, 2.75) is 64.3 Å². The number of anilines is 1. The van der Waals surface area contributed by atoms with Gasteiger partial charge in [-0.25, -0.2) is 4.99 Å². The molecule has 2 aliphatic rings. The van der Waals surface area contributed by atoms with Crippen LogP contribution in [0, 0.1) is 0 Å². The smallest absolute Gasteiger partial charge is 0.262 e. The van der Waals surface area contributed by atoms with E-state index in [1.807, 2.05) is 12.1 Å². The largest absolute Gasteiger partial charge is 0.482 e. The quantitative estimate of drug-likeness (QED) is 0.448. The van der Waals surface area contributed by atoms with E-state index < -0.39 is 0 Å². The summed E-state index contributed by atoms with van der Waals surface area (Å²) < 4.78 is 7.99. The zero-order valence-corrected chi connectivity index (χ0v) is 20.0. The Morgan fingerprint density at radius 1 is 1.12 bits per heavy atom. The molecule has 33 heavy (non-hydrogen) atoms. The SMILES string of the molecule is CCCCc1ccc(N=c2scc(-c3ccc4c(c3)NC(=O)CO4)n2C2CCCCC2)cc1. The number of aryl methyl sites for hydroxylation is 1. The zero-order valence-electron chi connectivity index (χ0n) is 19.2. The Balaban J connectivity index is 1.54. The van der Waals surface area contributed by atoms with Gasteiger partial charge in [0.05, 0.1) is 17.1 Å². The van der Waals surface area contributed by atoms with Gasteiger partial charge in [-0.05, 0) is 61.6 Å². The molecule has 1 N–H and O–H groups in total. The summed E-state index contributed by atoms with van der Waals surface area (Å²) in [6, 6.07) is 15.2. The van der Waals surface area contributed by atoms with Crippen LogP contribution in [0.3, 0.4) is 0 Å².